The molecule has 0 saturated heterocycles. The summed E-state index contributed by atoms with van der Waals surface area (Å²) in [4.78, 5) is 1.30. The van der Waals surface area contributed by atoms with E-state index < -0.39 is 10.0 Å². The quantitative estimate of drug-likeness (QED) is 0.795. The Kier molecular flexibility index (Phi) is 4.35. The summed E-state index contributed by atoms with van der Waals surface area (Å²) < 4.78 is 27.9. The van der Waals surface area contributed by atoms with Gasteiger partial charge in [-0.3, -0.25) is 0 Å². The van der Waals surface area contributed by atoms with Gasteiger partial charge in [0.25, 0.3) is 0 Å². The highest BCUT2D eigenvalue weighted by Crippen LogP contribution is 2.21. The lowest BCUT2D eigenvalue weighted by Gasteiger charge is -2.15. The maximum atomic E-state index is 12.4. The average Bonchev–Trinajstić information content (AvgIpc) is 2.98. The highest BCUT2D eigenvalue weighted by Gasteiger charge is 2.23. The number of aromatic nitrogens is 1. The molecule has 0 amide bonds. The number of hydrogen-bond donors (Lipinski definition) is 0. The van der Waals surface area contributed by atoms with Crippen LogP contribution in [0.25, 0.3) is 0 Å². The highest BCUT2D eigenvalue weighted by molar-refractivity contribution is 7.89. The van der Waals surface area contributed by atoms with Gasteiger partial charge >= 0.3 is 0 Å². The first-order valence-corrected chi connectivity index (χ1v) is 8.50. The van der Waals surface area contributed by atoms with Gasteiger partial charge in [0, 0.05) is 37.4 Å². The van der Waals surface area contributed by atoms with Gasteiger partial charge in [0.2, 0.25) is 10.0 Å². The number of alkyl halides is 1. The molecule has 2 rings (SSSR count). The van der Waals surface area contributed by atoms with Crippen LogP contribution >= 0.6 is 22.9 Å². The molecule has 104 valence electrons. The molecule has 0 radical (unpaired) electrons. The van der Waals surface area contributed by atoms with E-state index in [1.54, 1.807) is 42.3 Å². The minimum Gasteiger partial charge on any atom is -0.352 e. The van der Waals surface area contributed by atoms with Crippen LogP contribution in [0.1, 0.15) is 10.6 Å². The lowest BCUT2D eigenvalue weighted by atomic mass is 10.5. The molecule has 0 fully saturated rings. The summed E-state index contributed by atoms with van der Waals surface area (Å²) in [6, 6.07) is 5.45. The van der Waals surface area contributed by atoms with Crippen LogP contribution in [0.3, 0.4) is 0 Å². The molecule has 2 aromatic rings. The number of rotatable bonds is 5. The predicted molar refractivity (Wildman–Crippen MR) is 77.9 cm³/mol. The van der Waals surface area contributed by atoms with Crippen LogP contribution in [0, 0.1) is 0 Å². The van der Waals surface area contributed by atoms with Gasteiger partial charge in [-0.2, -0.15) is 4.31 Å². The Bertz CT molecular complexity index is 647. The van der Waals surface area contributed by atoms with E-state index in [1.807, 2.05) is 17.5 Å². The molecule has 4 nitrogen and oxygen atoms in total. The fourth-order valence-electron chi connectivity index (χ4n) is 1.74. The number of thiophene rings is 1. The Labute approximate surface area is 122 Å². The smallest absolute Gasteiger partial charge is 0.244 e. The fraction of sp³-hybridized carbons (Fsp3) is 0.333. The minimum atomic E-state index is -3.47. The van der Waals surface area contributed by atoms with Crippen molar-refractivity contribution in [1.82, 2.24) is 8.87 Å². The van der Waals surface area contributed by atoms with Gasteiger partial charge in [-0.05, 0) is 17.5 Å². The second kappa shape index (κ2) is 5.66. The summed E-state index contributed by atoms with van der Waals surface area (Å²) in [5.74, 6) is 0.292. The van der Waals surface area contributed by atoms with E-state index >= 15 is 0 Å². The normalized spacial score (nSPS) is 12.2. The molecular weight excluding hydrogens is 304 g/mol. The van der Waals surface area contributed by atoms with Gasteiger partial charge in [-0.1, -0.05) is 6.07 Å². The zero-order chi connectivity index (χ0) is 14.0. The summed E-state index contributed by atoms with van der Waals surface area (Å²) in [6.45, 7) is 0.380. The molecule has 0 unspecified atom stereocenters. The van der Waals surface area contributed by atoms with Crippen LogP contribution in [-0.4, -0.2) is 24.3 Å². The van der Waals surface area contributed by atoms with Gasteiger partial charge in [0.1, 0.15) is 4.90 Å². The molecule has 0 bridgehead atoms. The van der Waals surface area contributed by atoms with Crippen molar-refractivity contribution in [3.05, 3.63) is 40.3 Å². The molecule has 0 aliphatic heterocycles. The molecule has 7 heteroatoms. The van der Waals surface area contributed by atoms with Crippen molar-refractivity contribution in [3.8, 4) is 0 Å². The molecule has 0 atom stereocenters. The van der Waals surface area contributed by atoms with E-state index in [2.05, 4.69) is 0 Å². The zero-order valence-electron chi connectivity index (χ0n) is 10.7. The molecule has 0 N–H and O–H groups in total. The Morgan fingerprint density at radius 1 is 1.47 bits per heavy atom. The maximum Gasteiger partial charge on any atom is 0.244 e. The Morgan fingerprint density at radius 2 is 2.21 bits per heavy atom. The van der Waals surface area contributed by atoms with Crippen LogP contribution < -0.4 is 0 Å². The molecule has 19 heavy (non-hydrogen) atoms. The minimum absolute atomic E-state index is 0.282. The Hall–Kier alpha value is -0.820. The van der Waals surface area contributed by atoms with Crippen LogP contribution in [0.5, 0.6) is 0 Å². The molecule has 0 aliphatic rings. The summed E-state index contributed by atoms with van der Waals surface area (Å²) in [5.41, 5.74) is 0.782. The zero-order valence-corrected chi connectivity index (χ0v) is 13.1. The van der Waals surface area contributed by atoms with E-state index in [1.165, 1.54) is 4.31 Å². The Morgan fingerprint density at radius 3 is 2.74 bits per heavy atom. The first kappa shape index (κ1) is 14.6. The molecule has 0 aliphatic carbocycles. The van der Waals surface area contributed by atoms with E-state index in [9.17, 15) is 8.42 Å². The monoisotopic (exact) mass is 318 g/mol. The lowest BCUT2D eigenvalue weighted by molar-refractivity contribution is 0.469. The van der Waals surface area contributed by atoms with Crippen molar-refractivity contribution in [1.29, 1.82) is 0 Å². The van der Waals surface area contributed by atoms with Crippen molar-refractivity contribution < 1.29 is 8.42 Å². The fourth-order valence-corrected chi connectivity index (χ4v) is 4.09. The number of sulfonamides is 1. The van der Waals surface area contributed by atoms with Crippen molar-refractivity contribution in [2.24, 2.45) is 7.05 Å². The van der Waals surface area contributed by atoms with E-state index in [0.29, 0.717) is 12.4 Å². The molecule has 0 saturated carbocycles. The van der Waals surface area contributed by atoms with Gasteiger partial charge in [0.05, 0.1) is 5.88 Å². The molecule has 0 spiro atoms. The third-order valence-electron chi connectivity index (χ3n) is 2.89. The van der Waals surface area contributed by atoms with E-state index in [4.69, 9.17) is 11.6 Å². The van der Waals surface area contributed by atoms with Crippen LogP contribution in [-0.2, 0) is 29.5 Å². The molecular formula is C12H15ClN2O2S2. The maximum absolute atomic E-state index is 12.4. The third-order valence-corrected chi connectivity index (χ3v) is 5.79. The van der Waals surface area contributed by atoms with Gasteiger partial charge in [0.15, 0.2) is 0 Å². The van der Waals surface area contributed by atoms with Crippen molar-refractivity contribution in [3.63, 3.8) is 0 Å². The highest BCUT2D eigenvalue weighted by atomic mass is 35.5. The van der Waals surface area contributed by atoms with Crippen LogP contribution in [0.4, 0.5) is 0 Å². The Balaban J connectivity index is 2.25. The SMILES string of the molecule is CN(Cc1cccs1)S(=O)(=O)c1cc(CCl)n(C)c1. The van der Waals surface area contributed by atoms with E-state index in [0.717, 1.165) is 10.6 Å². The average molecular weight is 319 g/mol. The predicted octanol–water partition coefficient (Wildman–Crippen LogP) is 2.65. The van der Waals surface area contributed by atoms with Crippen molar-refractivity contribution in [2.75, 3.05) is 7.05 Å². The van der Waals surface area contributed by atoms with Gasteiger partial charge in [-0.15, -0.1) is 22.9 Å². The van der Waals surface area contributed by atoms with E-state index in [-0.39, 0.29) is 4.90 Å². The van der Waals surface area contributed by atoms with Crippen LogP contribution in [0.2, 0.25) is 0 Å². The first-order valence-electron chi connectivity index (χ1n) is 5.65. The largest absolute Gasteiger partial charge is 0.352 e. The second-order valence-electron chi connectivity index (χ2n) is 4.25. The summed E-state index contributed by atoms with van der Waals surface area (Å²) in [5, 5.41) is 1.93. The molecule has 0 aromatic carbocycles. The summed E-state index contributed by atoms with van der Waals surface area (Å²) in [6.07, 6.45) is 1.60. The van der Waals surface area contributed by atoms with Crippen molar-refractivity contribution >= 4 is 33.0 Å². The number of nitrogens with zero attached hydrogens (tertiary/aromatic N) is 2. The van der Waals surface area contributed by atoms with Gasteiger partial charge in [-0.25, -0.2) is 8.42 Å². The lowest BCUT2D eigenvalue weighted by Crippen LogP contribution is -2.25. The summed E-state index contributed by atoms with van der Waals surface area (Å²) in [7, 11) is -0.0929. The molecule has 2 aromatic heterocycles. The van der Waals surface area contributed by atoms with Gasteiger partial charge < -0.3 is 4.57 Å². The first-order chi connectivity index (χ1) is 8.95. The summed E-state index contributed by atoms with van der Waals surface area (Å²) >= 11 is 7.31. The second-order valence-corrected chi connectivity index (χ2v) is 7.60. The number of hydrogen-bond acceptors (Lipinski definition) is 3. The van der Waals surface area contributed by atoms with Crippen molar-refractivity contribution in [2.45, 2.75) is 17.3 Å². The number of aryl methyl sites for hydroxylation is 1. The molecule has 2 heterocycles. The standard InChI is InChI=1S/C12H15ClN2O2S2/c1-14-9-12(6-10(14)7-13)19(16,17)15(2)8-11-4-3-5-18-11/h3-6,9H,7-8H2,1-2H3. The van der Waals surface area contributed by atoms with Crippen LogP contribution in [0.15, 0.2) is 34.7 Å². The third kappa shape index (κ3) is 3.02. The topological polar surface area (TPSA) is 42.3 Å². The number of halogens is 1.